The number of methoxy groups -OCH3 is 2. The highest BCUT2D eigenvalue weighted by Crippen LogP contribution is 2.32. The van der Waals surface area contributed by atoms with E-state index in [1.54, 1.807) is 31.2 Å². The third kappa shape index (κ3) is 3.75. The van der Waals surface area contributed by atoms with Gasteiger partial charge in [0, 0.05) is 20.9 Å². The van der Waals surface area contributed by atoms with Crippen LogP contribution >= 0.6 is 22.6 Å². The monoisotopic (exact) mass is 442 g/mol. The minimum Gasteiger partial charge on any atom is -0.493 e. The molecule has 0 radical (unpaired) electrons. The van der Waals surface area contributed by atoms with Crippen molar-refractivity contribution in [1.82, 2.24) is 0 Å². The van der Waals surface area contributed by atoms with Crippen LogP contribution in [0.4, 0.5) is 11.4 Å². The third-order valence-electron chi connectivity index (χ3n) is 3.38. The van der Waals surface area contributed by atoms with Gasteiger partial charge in [-0.3, -0.25) is 14.9 Å². The lowest BCUT2D eigenvalue weighted by Gasteiger charge is -2.12. The second kappa shape index (κ2) is 7.47. The molecule has 0 aliphatic carbocycles. The average Bonchev–Trinajstić information content (AvgIpc) is 2.55. The van der Waals surface area contributed by atoms with Crippen LogP contribution in [0.15, 0.2) is 30.3 Å². The number of hydrogen-bond donors (Lipinski definition) is 1. The van der Waals surface area contributed by atoms with Crippen molar-refractivity contribution in [1.29, 1.82) is 0 Å². The van der Waals surface area contributed by atoms with Gasteiger partial charge in [0.1, 0.15) is 0 Å². The molecule has 0 fully saturated rings. The molecular formula is C16H15IN2O5. The van der Waals surface area contributed by atoms with E-state index in [0.717, 1.165) is 0 Å². The summed E-state index contributed by atoms with van der Waals surface area (Å²) >= 11 is 2.02. The number of nitro benzene ring substituents is 1. The Balaban J connectivity index is 2.33. The van der Waals surface area contributed by atoms with Crippen LogP contribution in [0.2, 0.25) is 0 Å². The molecule has 0 aromatic heterocycles. The van der Waals surface area contributed by atoms with Crippen molar-refractivity contribution in [3.63, 3.8) is 0 Å². The molecule has 0 atom stereocenters. The number of hydrogen-bond acceptors (Lipinski definition) is 5. The van der Waals surface area contributed by atoms with E-state index in [0.29, 0.717) is 31.9 Å². The number of anilines is 1. The quantitative estimate of drug-likeness (QED) is 0.433. The van der Waals surface area contributed by atoms with Gasteiger partial charge in [-0.1, -0.05) is 6.07 Å². The molecule has 1 N–H and O–H groups in total. The molecule has 24 heavy (non-hydrogen) atoms. The molecular weight excluding hydrogens is 427 g/mol. The summed E-state index contributed by atoms with van der Waals surface area (Å²) in [6.45, 7) is 1.64. The fourth-order valence-electron chi connectivity index (χ4n) is 2.11. The molecule has 0 saturated carbocycles. The smallest absolute Gasteiger partial charge is 0.274 e. The lowest BCUT2D eigenvalue weighted by Crippen LogP contribution is -2.14. The highest BCUT2D eigenvalue weighted by Gasteiger charge is 2.17. The number of halogens is 1. The molecule has 0 saturated heterocycles. The summed E-state index contributed by atoms with van der Waals surface area (Å²) in [7, 11) is 2.99. The number of carbonyl (C=O) groups is 1. The summed E-state index contributed by atoms with van der Waals surface area (Å²) in [5, 5.41) is 13.7. The topological polar surface area (TPSA) is 90.7 Å². The number of nitro groups is 1. The van der Waals surface area contributed by atoms with Crippen LogP contribution < -0.4 is 14.8 Å². The molecule has 126 valence electrons. The van der Waals surface area contributed by atoms with Crippen molar-refractivity contribution in [3.05, 3.63) is 55.1 Å². The lowest BCUT2D eigenvalue weighted by atomic mass is 10.1. The van der Waals surface area contributed by atoms with E-state index >= 15 is 0 Å². The first-order valence-electron chi connectivity index (χ1n) is 6.85. The fourth-order valence-corrected chi connectivity index (χ4v) is 2.79. The van der Waals surface area contributed by atoms with Gasteiger partial charge in [-0.05, 0) is 47.7 Å². The molecule has 0 heterocycles. The van der Waals surface area contributed by atoms with Crippen LogP contribution in [-0.4, -0.2) is 25.1 Å². The van der Waals surface area contributed by atoms with Crippen LogP contribution in [0.1, 0.15) is 15.9 Å². The number of nitrogens with one attached hydrogen (secondary N) is 1. The Morgan fingerprint density at radius 3 is 2.38 bits per heavy atom. The second-order valence-corrected chi connectivity index (χ2v) is 6.06. The zero-order valence-electron chi connectivity index (χ0n) is 13.3. The van der Waals surface area contributed by atoms with Crippen LogP contribution in [-0.2, 0) is 0 Å². The van der Waals surface area contributed by atoms with Gasteiger partial charge in [-0.2, -0.15) is 0 Å². The number of rotatable bonds is 5. The molecule has 0 aliphatic heterocycles. The van der Waals surface area contributed by atoms with E-state index in [9.17, 15) is 14.9 Å². The first-order valence-corrected chi connectivity index (χ1v) is 7.93. The molecule has 2 rings (SSSR count). The van der Waals surface area contributed by atoms with Crippen molar-refractivity contribution in [2.45, 2.75) is 6.92 Å². The van der Waals surface area contributed by atoms with Gasteiger partial charge in [0.2, 0.25) is 0 Å². The SMILES string of the molecule is COc1cc(I)c(C(=O)Nc2ccc(C)c([N+](=O)[O-])c2)cc1OC. The minimum absolute atomic E-state index is 0.0465. The number of ether oxygens (including phenoxy) is 2. The Morgan fingerprint density at radius 2 is 1.79 bits per heavy atom. The maximum atomic E-state index is 12.5. The number of carbonyl (C=O) groups excluding carboxylic acids is 1. The van der Waals surface area contributed by atoms with E-state index < -0.39 is 10.8 Å². The third-order valence-corrected chi connectivity index (χ3v) is 4.27. The van der Waals surface area contributed by atoms with E-state index in [1.807, 2.05) is 22.6 Å². The Morgan fingerprint density at radius 1 is 1.17 bits per heavy atom. The average molecular weight is 442 g/mol. The molecule has 0 bridgehead atoms. The number of nitrogens with zero attached hydrogens (tertiary/aromatic N) is 1. The molecule has 2 aromatic rings. The summed E-state index contributed by atoms with van der Waals surface area (Å²) in [4.78, 5) is 23.0. The Labute approximate surface area is 152 Å². The summed E-state index contributed by atoms with van der Waals surface area (Å²) < 4.78 is 11.1. The van der Waals surface area contributed by atoms with Gasteiger partial charge in [-0.15, -0.1) is 0 Å². The normalized spacial score (nSPS) is 10.2. The first kappa shape index (κ1) is 18.0. The second-order valence-electron chi connectivity index (χ2n) is 4.90. The predicted molar refractivity (Wildman–Crippen MR) is 98.0 cm³/mol. The largest absolute Gasteiger partial charge is 0.493 e. The highest BCUT2D eigenvalue weighted by atomic mass is 127. The van der Waals surface area contributed by atoms with Crippen molar-refractivity contribution >= 4 is 39.9 Å². The van der Waals surface area contributed by atoms with Crippen LogP contribution in [0, 0.1) is 20.6 Å². The molecule has 7 nitrogen and oxygen atoms in total. The number of amides is 1. The molecule has 2 aromatic carbocycles. The van der Waals surface area contributed by atoms with E-state index in [1.165, 1.54) is 20.3 Å². The van der Waals surface area contributed by atoms with E-state index in [2.05, 4.69) is 5.32 Å². The molecule has 0 unspecified atom stereocenters. The highest BCUT2D eigenvalue weighted by molar-refractivity contribution is 14.1. The van der Waals surface area contributed by atoms with Crippen LogP contribution in [0.3, 0.4) is 0 Å². The Bertz CT molecular complexity index is 807. The minimum atomic E-state index is -0.481. The van der Waals surface area contributed by atoms with E-state index in [4.69, 9.17) is 9.47 Å². The first-order chi connectivity index (χ1) is 11.4. The zero-order chi connectivity index (χ0) is 17.9. The van der Waals surface area contributed by atoms with E-state index in [-0.39, 0.29) is 5.69 Å². The zero-order valence-corrected chi connectivity index (χ0v) is 15.4. The molecule has 0 spiro atoms. The summed E-state index contributed by atoms with van der Waals surface area (Å²) in [6.07, 6.45) is 0. The van der Waals surface area contributed by atoms with Crippen molar-refractivity contribution in [2.75, 3.05) is 19.5 Å². The summed E-state index contributed by atoms with van der Waals surface area (Å²) in [6, 6.07) is 7.80. The summed E-state index contributed by atoms with van der Waals surface area (Å²) in [5.41, 5.74) is 1.22. The van der Waals surface area contributed by atoms with Gasteiger partial charge >= 0.3 is 0 Å². The van der Waals surface area contributed by atoms with Gasteiger partial charge in [0.25, 0.3) is 11.6 Å². The van der Waals surface area contributed by atoms with Gasteiger partial charge < -0.3 is 14.8 Å². The van der Waals surface area contributed by atoms with Gasteiger partial charge in [0.05, 0.1) is 24.7 Å². The summed E-state index contributed by atoms with van der Waals surface area (Å²) in [5.74, 6) is 0.556. The maximum absolute atomic E-state index is 12.5. The van der Waals surface area contributed by atoms with Crippen LogP contribution in [0.5, 0.6) is 11.5 Å². The number of benzene rings is 2. The lowest BCUT2D eigenvalue weighted by molar-refractivity contribution is -0.385. The fraction of sp³-hybridized carbons (Fsp3) is 0.188. The molecule has 1 amide bonds. The van der Waals surface area contributed by atoms with Gasteiger partial charge in [0.15, 0.2) is 11.5 Å². The van der Waals surface area contributed by atoms with Crippen LogP contribution in [0.25, 0.3) is 0 Å². The van der Waals surface area contributed by atoms with Crippen molar-refractivity contribution < 1.29 is 19.2 Å². The van der Waals surface area contributed by atoms with Gasteiger partial charge in [-0.25, -0.2) is 0 Å². The van der Waals surface area contributed by atoms with Crippen molar-refractivity contribution in [3.8, 4) is 11.5 Å². The maximum Gasteiger partial charge on any atom is 0.274 e. The molecule has 8 heteroatoms. The number of aryl methyl sites for hydroxylation is 1. The Kier molecular flexibility index (Phi) is 5.60. The predicted octanol–water partition coefficient (Wildman–Crippen LogP) is 3.78. The van der Waals surface area contributed by atoms with Crippen molar-refractivity contribution in [2.24, 2.45) is 0 Å². The standard InChI is InChI=1S/C16H15IN2O5/c1-9-4-5-10(6-13(9)19(21)22)18-16(20)11-7-14(23-2)15(24-3)8-12(11)17/h4-8H,1-3H3,(H,18,20). The molecule has 0 aliphatic rings. The Hall–Kier alpha value is -2.36.